The van der Waals surface area contributed by atoms with Crippen LogP contribution in [-0.4, -0.2) is 196 Å². The first-order chi connectivity index (χ1) is 71.4. The molecule has 0 aliphatic carbocycles. The van der Waals surface area contributed by atoms with Crippen LogP contribution >= 0.6 is 72.6 Å². The van der Waals surface area contributed by atoms with Gasteiger partial charge in [-0.25, -0.2) is 40.7 Å². The maximum absolute atomic E-state index is 14.0. The number of esters is 2. The van der Waals surface area contributed by atoms with Crippen molar-refractivity contribution in [2.24, 2.45) is 17.4 Å². The maximum Gasteiger partial charge on any atom is 0.348 e. The highest BCUT2D eigenvalue weighted by Crippen LogP contribution is 2.48. The zero-order valence-electron chi connectivity index (χ0n) is 77.3. The summed E-state index contributed by atoms with van der Waals surface area (Å²) >= 11 is 9.38. The Balaban J connectivity index is 0.000000125. The van der Waals surface area contributed by atoms with E-state index in [2.05, 4.69) is 71.0 Å². The Morgan fingerprint density at radius 2 is 0.743 bits per heavy atom. The highest BCUT2D eigenvalue weighted by Gasteiger charge is 2.40. The smallest absolute Gasteiger partial charge is 0.348 e. The number of aromatic nitrogens is 10. The number of hydrogen-bond acceptors (Lipinski definition) is 32. The highest BCUT2D eigenvalue weighted by atomic mass is 79.9. The molecular weight excluding hydrogens is 2090 g/mol. The molecule has 0 bridgehead atoms. The molecule has 7 aliphatic rings. The summed E-state index contributed by atoms with van der Waals surface area (Å²) in [5, 5.41) is 72.8. The number of carbonyl (C=O) groups excluding carboxylic acids is 8. The first-order valence-corrected chi connectivity index (χ1v) is 49.7. The molecule has 6 N–H and O–H groups in total. The van der Waals surface area contributed by atoms with Crippen LogP contribution < -0.4 is 40.5 Å². The van der Waals surface area contributed by atoms with Crippen molar-refractivity contribution in [1.82, 2.24) is 64.0 Å². The van der Waals surface area contributed by atoms with Crippen LogP contribution in [0.5, 0.6) is 25.3 Å². The summed E-state index contributed by atoms with van der Waals surface area (Å²) in [6.07, 6.45) is 8.51. The molecule has 36 nitrogen and oxygen atoms in total. The summed E-state index contributed by atoms with van der Waals surface area (Å²) in [6.45, 7) is 4.92. The monoisotopic (exact) mass is 2170 g/mol. The van der Waals surface area contributed by atoms with E-state index in [0.717, 1.165) is 95.2 Å². The van der Waals surface area contributed by atoms with Gasteiger partial charge >= 0.3 is 17.9 Å². The van der Waals surface area contributed by atoms with Gasteiger partial charge in [0.15, 0.2) is 66.0 Å². The number of nitrogens with zero attached hydrogens (tertiary/aromatic N) is 16. The second kappa shape index (κ2) is 45.0. The number of carbonyl (C=O) groups is 9. The molecular formula is C100H76BrF6N19O17S5. The molecule has 0 fully saturated rings. The van der Waals surface area contributed by atoms with E-state index in [4.69, 9.17) is 60.3 Å². The number of ether oxygens (including phenoxy) is 7. The second-order valence-electron chi connectivity index (χ2n) is 33.2. The van der Waals surface area contributed by atoms with Crippen LogP contribution in [0.2, 0.25) is 0 Å². The number of amides is 5. The van der Waals surface area contributed by atoms with E-state index in [1.807, 2.05) is 4.68 Å². The summed E-state index contributed by atoms with van der Waals surface area (Å²) in [5.74, 6) is -10.1. The van der Waals surface area contributed by atoms with Crippen LogP contribution in [0.15, 0.2) is 169 Å². The number of Topliss-reactive ketones (excluding diaryl/α,β-unsaturated/α-hetero) is 1. The van der Waals surface area contributed by atoms with Crippen molar-refractivity contribution in [2.45, 2.75) is 70.5 Å². The summed E-state index contributed by atoms with van der Waals surface area (Å²) in [5.41, 5.74) is 23.1. The fourth-order valence-electron chi connectivity index (χ4n) is 16.9. The zero-order chi connectivity index (χ0) is 105. The molecule has 3 atom stereocenters. The molecule has 22 rings (SSSR count). The molecule has 15 aromatic rings. The molecule has 48 heteroatoms. The van der Waals surface area contributed by atoms with Gasteiger partial charge in [0.1, 0.15) is 71.9 Å². The van der Waals surface area contributed by atoms with Gasteiger partial charge in [-0.3, -0.25) is 62.0 Å². The van der Waals surface area contributed by atoms with E-state index in [9.17, 15) is 80.0 Å². The van der Waals surface area contributed by atoms with E-state index >= 15 is 0 Å². The molecule has 0 saturated heterocycles. The fourth-order valence-corrected chi connectivity index (χ4v) is 22.1. The van der Waals surface area contributed by atoms with Gasteiger partial charge < -0.3 is 55.0 Å². The van der Waals surface area contributed by atoms with Crippen LogP contribution in [0, 0.1) is 86.1 Å². The van der Waals surface area contributed by atoms with Gasteiger partial charge in [-0.2, -0.15) is 46.5 Å². The quantitative estimate of drug-likeness (QED) is 0.0253. The Bertz CT molecular complexity index is 7910. The van der Waals surface area contributed by atoms with Crippen molar-refractivity contribution < 1.29 is 108 Å². The Kier molecular flexibility index (Phi) is 31.2. The Hall–Kier alpha value is -16.6. The molecule has 0 unspecified atom stereocenters. The fraction of sp³-hybridized carbons (Fsp3) is 0.220. The molecule has 5 aromatic carbocycles. The average molecular weight is 2170 g/mol. The van der Waals surface area contributed by atoms with Gasteiger partial charge in [0, 0.05) is 25.6 Å². The minimum atomic E-state index is -1.05. The number of carboxylic acid groups (broad SMARTS) is 1. The van der Waals surface area contributed by atoms with E-state index in [-0.39, 0.29) is 89.3 Å². The van der Waals surface area contributed by atoms with Crippen molar-refractivity contribution in [3.05, 3.63) is 289 Å². The van der Waals surface area contributed by atoms with Gasteiger partial charge in [-0.1, -0.05) is 99.1 Å². The molecule has 148 heavy (non-hydrogen) atoms. The number of ketones is 1. The number of rotatable bonds is 19. The first kappa shape index (κ1) is 103. The van der Waals surface area contributed by atoms with Crippen molar-refractivity contribution in [1.29, 1.82) is 21.0 Å². The molecule has 0 radical (unpaired) electrons. The number of aromatic carboxylic acids is 1. The Labute approximate surface area is 862 Å². The molecule has 17 heterocycles. The number of halogens is 7. The minimum absolute atomic E-state index is 0.0171. The van der Waals surface area contributed by atoms with Crippen LogP contribution in [-0.2, 0) is 61.5 Å². The summed E-state index contributed by atoms with van der Waals surface area (Å²) in [4.78, 5) is 115. The van der Waals surface area contributed by atoms with Crippen LogP contribution in [0.4, 0.5) is 26.3 Å². The van der Waals surface area contributed by atoms with Gasteiger partial charge in [0.2, 0.25) is 0 Å². The van der Waals surface area contributed by atoms with E-state index in [1.165, 1.54) is 97.3 Å². The number of carboxylic acids is 1. The van der Waals surface area contributed by atoms with Gasteiger partial charge in [-0.05, 0) is 155 Å². The van der Waals surface area contributed by atoms with E-state index in [0.29, 0.717) is 197 Å². The van der Waals surface area contributed by atoms with Crippen molar-refractivity contribution in [2.75, 3.05) is 66.9 Å². The molecule has 752 valence electrons. The average Bonchev–Trinajstić information content (AvgIpc) is 1.69. The lowest BCUT2D eigenvalue weighted by molar-refractivity contribution is 0.0597. The van der Waals surface area contributed by atoms with Gasteiger partial charge in [0.25, 0.3) is 29.5 Å². The van der Waals surface area contributed by atoms with Crippen LogP contribution in [0.25, 0.3) is 56.3 Å². The molecule has 10 aromatic heterocycles. The Morgan fingerprint density at radius 3 is 1.11 bits per heavy atom. The largest absolute Gasteiger partial charge is 0.481 e. The maximum atomic E-state index is 14.0. The Morgan fingerprint density at radius 1 is 0.426 bits per heavy atom. The molecule has 7 aliphatic heterocycles. The number of fused-ring (bicyclic) bond motifs is 17. The third-order valence-corrected chi connectivity index (χ3v) is 29.5. The summed E-state index contributed by atoms with van der Waals surface area (Å²) in [6, 6.07) is 38.9. The normalized spacial score (nSPS) is 13.8. The number of hydrogen-bond donors (Lipinski definition) is 4. The SMILES string of the molecule is COC(=O)c1cc2c(s1)OCCn1ncc(Br)c1-2.COC(=O)c1cc2c(s1)OCCn1ncc(C#N)c1-2.N#Cc1cnn2c1-c1cc(C(=O)C[C@H](CN)Cc3ccc(F)c(F)c3)sc1OCC2.N#Cc1cnn2c1-c1cc(C(=O)N[C@@H](Cc3ccc(F)c(F)c3)CN3C(=O)c4ccccc4C3=O)sc1OCC2.N#Cc1cnn2c1-c1cc(C(=O)O)sc1OCC2.N[C@@H](Cc1ccc(F)c(F)c1)CN1C(=O)c2ccccc2C1=O. The second-order valence-corrected chi connectivity index (χ2v) is 39.1. The van der Waals surface area contributed by atoms with Crippen molar-refractivity contribution >= 4 is 126 Å². The third kappa shape index (κ3) is 21.7. The van der Waals surface area contributed by atoms with Crippen LogP contribution in [0.1, 0.15) is 135 Å². The number of nitriles is 4. The van der Waals surface area contributed by atoms with Crippen molar-refractivity contribution in [3.63, 3.8) is 0 Å². The van der Waals surface area contributed by atoms with Gasteiger partial charge in [-0.15, -0.1) is 0 Å². The molecule has 5 amide bonds. The summed E-state index contributed by atoms with van der Waals surface area (Å²) in [7, 11) is 2.70. The van der Waals surface area contributed by atoms with E-state index < -0.39 is 76.6 Å². The number of nitrogens with two attached hydrogens (primary N) is 2. The topological polar surface area (TPSA) is 493 Å². The zero-order valence-corrected chi connectivity index (χ0v) is 83.0. The lowest BCUT2D eigenvalue weighted by Crippen LogP contribution is -2.46. The van der Waals surface area contributed by atoms with Crippen molar-refractivity contribution in [3.8, 4) is 106 Å². The number of methoxy groups -OCH3 is 2. The first-order valence-electron chi connectivity index (χ1n) is 44.8. The molecule has 0 spiro atoms. The minimum Gasteiger partial charge on any atom is -0.481 e. The predicted octanol–water partition coefficient (Wildman–Crippen LogP) is 15.3. The lowest BCUT2D eigenvalue weighted by atomic mass is 9.93. The molecule has 0 saturated carbocycles. The standard InChI is InChI=1S/C28H19F2N5O4S.C21H18F2N4O2S.C17H14F2N2O2.C12H9N3O3S.C11H9BrN2O3S.C11H7N3O3S/c29-21-6-5-15(10-22(21)30)9-17(14-34-26(37)18-3-1-2-4-19(18)27(34)38)33-25(36)23-11-20-24-16(12-31)13-32-35(24)7-8-39-28(20)40-23;22-16-2-1-12(6-17(16)23)5-13(9-24)7-18(28)19-8-15-20-14(10-25)11-26-27(20)3-4-29-21(15)30-19;18-14-6-5-10(8-15(14)19)7-11(20)9-21-16(22)12-3-1-2-4-13(12)17(21)23;1-17-11(16)9-4-8-10-7(5-13)6-14-15(10)2-3-18-12(8)19-9;1-16-10(15)8-4-6-9-7(12)5-13-14(9)2-3-17-11(6)18-8;12-4-6-5-13-14-1-2-17-11-7(9(6)14)3-8(18-11)10(15)16/h1-6,10-11,13,17H,7-9,14H2,(H,33,36);1-2,6,8,11,13H,3-5,7,9,24H2;1-6,8,11H,7,9,20H2;4,6H,2-3H2,1H3;4-5H,2-3H2,1H3;3,5H,1-2H2,(H,15,16)/t17-;13-;11-;;;/m010.../s1. The summed E-state index contributed by atoms with van der Waals surface area (Å²) < 4.78 is 127. The number of imide groups is 2. The van der Waals surface area contributed by atoms with E-state index in [1.54, 1.807) is 97.7 Å². The number of nitrogens with one attached hydrogen (secondary N) is 1. The van der Waals surface area contributed by atoms with Crippen LogP contribution in [0.3, 0.4) is 0 Å². The third-order valence-electron chi connectivity index (χ3n) is 23.7. The predicted molar refractivity (Wildman–Crippen MR) is 526 cm³/mol. The number of thiophene rings is 5. The highest BCUT2D eigenvalue weighted by molar-refractivity contribution is 9.10. The lowest BCUT2D eigenvalue weighted by Gasteiger charge is -2.24. The van der Waals surface area contributed by atoms with Gasteiger partial charge in [0.05, 0.1) is 199 Å². The number of benzene rings is 5.